The molecular weight excluding hydrogens is 525 g/mol. The molecule has 38 heavy (non-hydrogen) atoms. The van der Waals surface area contributed by atoms with Crippen LogP contribution in [0.25, 0.3) is 20.8 Å². The van der Waals surface area contributed by atoms with Gasteiger partial charge in [0.15, 0.2) is 11.6 Å². The maximum absolute atomic E-state index is 14.8. The number of rotatable bonds is 11. The molecule has 1 aliphatic carbocycles. The van der Waals surface area contributed by atoms with Gasteiger partial charge in [-0.1, -0.05) is 19.1 Å². The van der Waals surface area contributed by atoms with E-state index in [4.69, 9.17) is 13.2 Å². The van der Waals surface area contributed by atoms with Crippen molar-refractivity contribution in [2.45, 2.75) is 45.6 Å². The average molecular weight is 554 g/mol. The number of carbonyl (C=O) groups excluding carboxylic acids is 1. The molecule has 0 bridgehead atoms. The fourth-order valence-corrected chi connectivity index (χ4v) is 5.05. The number of aromatic nitrogens is 2. The van der Waals surface area contributed by atoms with Crippen molar-refractivity contribution >= 4 is 38.9 Å². The first-order chi connectivity index (χ1) is 18.5. The van der Waals surface area contributed by atoms with Crippen LogP contribution in [0.5, 0.6) is 11.5 Å². The molecule has 3 heterocycles. The van der Waals surface area contributed by atoms with Crippen LogP contribution in [0.15, 0.2) is 54.9 Å². The Kier molecular flexibility index (Phi) is 9.80. The molecule has 0 atom stereocenters. The second-order valence-corrected chi connectivity index (χ2v) is 10.3. The second kappa shape index (κ2) is 13.5. The first-order valence-corrected chi connectivity index (χ1v) is 13.9. The molecule has 1 aliphatic rings. The van der Waals surface area contributed by atoms with Gasteiger partial charge in [0.05, 0.1) is 20.8 Å². The van der Waals surface area contributed by atoms with E-state index >= 15 is 0 Å². The zero-order valence-corrected chi connectivity index (χ0v) is 22.6. The number of Topliss-reactive ketones (excluding diaryl/α,β-unsaturated/α-hetero) is 1. The molecule has 3 aromatic heterocycles. The number of benzene rings is 1. The SMILES string of the molecule is CCCNCc1ccc(-c2cc3nccc(Oc4ccc(CC(=O)CC5CC5)cc4F)c3s2)nc1.O=S=O. The van der Waals surface area contributed by atoms with E-state index in [2.05, 4.69) is 28.3 Å². The Morgan fingerprint density at radius 2 is 1.89 bits per heavy atom. The third-order valence-corrected chi connectivity index (χ3v) is 7.20. The van der Waals surface area contributed by atoms with E-state index in [1.807, 2.05) is 18.3 Å². The van der Waals surface area contributed by atoms with Gasteiger partial charge in [-0.05, 0) is 67.1 Å². The smallest absolute Gasteiger partial charge is 0.335 e. The molecular formula is C28H28FN3O4S2. The lowest BCUT2D eigenvalue weighted by molar-refractivity contribution is -0.118. The Balaban J connectivity index is 0.00000107. The average Bonchev–Trinajstić information content (AvgIpc) is 3.60. The Hall–Kier alpha value is -3.34. The van der Waals surface area contributed by atoms with Gasteiger partial charge >= 0.3 is 11.6 Å². The molecule has 0 radical (unpaired) electrons. The van der Waals surface area contributed by atoms with Gasteiger partial charge in [-0.2, -0.15) is 8.42 Å². The van der Waals surface area contributed by atoms with Gasteiger partial charge in [0.1, 0.15) is 11.5 Å². The zero-order valence-electron chi connectivity index (χ0n) is 20.9. The molecule has 198 valence electrons. The van der Waals surface area contributed by atoms with Gasteiger partial charge in [-0.25, -0.2) is 4.39 Å². The van der Waals surface area contributed by atoms with Crippen molar-refractivity contribution in [1.29, 1.82) is 0 Å². The first-order valence-electron chi connectivity index (χ1n) is 12.4. The summed E-state index contributed by atoms with van der Waals surface area (Å²) in [5.74, 6) is 0.908. The molecule has 10 heteroatoms. The minimum absolute atomic E-state index is 0.132. The van der Waals surface area contributed by atoms with Crippen molar-refractivity contribution in [1.82, 2.24) is 15.3 Å². The van der Waals surface area contributed by atoms with E-state index in [9.17, 15) is 9.18 Å². The van der Waals surface area contributed by atoms with E-state index in [0.717, 1.165) is 58.7 Å². The highest BCUT2D eigenvalue weighted by atomic mass is 32.1. The molecule has 1 N–H and O–H groups in total. The predicted molar refractivity (Wildman–Crippen MR) is 146 cm³/mol. The van der Waals surface area contributed by atoms with E-state index < -0.39 is 17.4 Å². The third kappa shape index (κ3) is 7.59. The lowest BCUT2D eigenvalue weighted by atomic mass is 10.0. The summed E-state index contributed by atoms with van der Waals surface area (Å²) >= 11 is 0.770. The van der Waals surface area contributed by atoms with Crippen molar-refractivity contribution in [3.63, 3.8) is 0 Å². The van der Waals surface area contributed by atoms with Crippen LogP contribution in [-0.4, -0.2) is 30.7 Å². The molecule has 0 unspecified atom stereocenters. The summed E-state index contributed by atoms with van der Waals surface area (Å²) < 4.78 is 38.2. The number of carbonyl (C=O) groups is 1. The van der Waals surface area contributed by atoms with Crippen molar-refractivity contribution < 1.29 is 22.3 Å². The Morgan fingerprint density at radius 1 is 1.11 bits per heavy atom. The summed E-state index contributed by atoms with van der Waals surface area (Å²) in [5, 5.41) is 3.38. The summed E-state index contributed by atoms with van der Waals surface area (Å²) in [5.41, 5.74) is 3.46. The highest BCUT2D eigenvalue weighted by molar-refractivity contribution is 7.51. The lowest BCUT2D eigenvalue weighted by Crippen LogP contribution is -2.13. The molecule has 1 fully saturated rings. The van der Waals surface area contributed by atoms with Crippen molar-refractivity contribution in [3.8, 4) is 22.1 Å². The Morgan fingerprint density at radius 3 is 2.58 bits per heavy atom. The number of hydrogen-bond acceptors (Lipinski definition) is 8. The highest BCUT2D eigenvalue weighted by Gasteiger charge is 2.24. The number of pyridine rings is 2. The number of ether oxygens (including phenoxy) is 1. The zero-order chi connectivity index (χ0) is 26.9. The third-order valence-electron chi connectivity index (χ3n) is 6.04. The van der Waals surface area contributed by atoms with Gasteiger partial charge in [0.25, 0.3) is 0 Å². The first kappa shape index (κ1) is 27.7. The van der Waals surface area contributed by atoms with Gasteiger partial charge in [0, 0.05) is 37.8 Å². The molecule has 0 aliphatic heterocycles. The van der Waals surface area contributed by atoms with Crippen LogP contribution in [0, 0.1) is 11.7 Å². The molecule has 7 nitrogen and oxygen atoms in total. The van der Waals surface area contributed by atoms with Gasteiger partial charge in [0.2, 0.25) is 0 Å². The fraction of sp³-hybridized carbons (Fsp3) is 0.321. The number of nitrogens with one attached hydrogen (secondary N) is 1. The van der Waals surface area contributed by atoms with Gasteiger partial charge < -0.3 is 10.1 Å². The number of fused-ring (bicyclic) bond motifs is 1. The molecule has 0 saturated heterocycles. The molecule has 1 aromatic carbocycles. The summed E-state index contributed by atoms with van der Waals surface area (Å²) in [6.45, 7) is 3.92. The van der Waals surface area contributed by atoms with Crippen LogP contribution >= 0.6 is 11.3 Å². The second-order valence-electron chi connectivity index (χ2n) is 9.16. The van der Waals surface area contributed by atoms with Crippen LogP contribution in [0.3, 0.4) is 0 Å². The van der Waals surface area contributed by atoms with Crippen LogP contribution in [-0.2, 0) is 29.3 Å². The quantitative estimate of drug-likeness (QED) is 0.226. The van der Waals surface area contributed by atoms with E-state index in [0.29, 0.717) is 23.7 Å². The summed E-state index contributed by atoms with van der Waals surface area (Å²) in [6.07, 6.45) is 7.78. The summed E-state index contributed by atoms with van der Waals surface area (Å²) in [4.78, 5) is 22.2. The maximum Gasteiger partial charge on any atom is 0.335 e. The van der Waals surface area contributed by atoms with Crippen LogP contribution in [0.2, 0.25) is 0 Å². The summed E-state index contributed by atoms with van der Waals surface area (Å²) in [7, 11) is 0. The van der Waals surface area contributed by atoms with E-state index in [1.165, 1.54) is 17.4 Å². The van der Waals surface area contributed by atoms with Crippen LogP contribution in [0.1, 0.15) is 43.7 Å². The largest absolute Gasteiger partial charge is 0.453 e. The van der Waals surface area contributed by atoms with E-state index in [1.54, 1.807) is 24.4 Å². The van der Waals surface area contributed by atoms with Crippen LogP contribution < -0.4 is 10.1 Å². The number of ketones is 1. The standard InChI is InChI=1S/C28H28FN3O2S.O2S/c1-2-10-30-16-20-5-7-23(32-17-20)27-15-24-28(35-27)26(9-11-31-24)34-25-8-6-19(14-22(25)29)13-21(33)12-18-3-4-18;1-3-2/h5-9,11,14-15,17-18,30H,2-4,10,12-13,16H2,1H3;. The number of thiophene rings is 1. The van der Waals surface area contributed by atoms with Gasteiger partial charge in [-0.3, -0.25) is 14.8 Å². The Labute approximate surface area is 228 Å². The van der Waals surface area contributed by atoms with Crippen molar-refractivity contribution in [3.05, 3.63) is 71.8 Å². The normalized spacial score (nSPS) is 12.6. The van der Waals surface area contributed by atoms with Crippen LogP contribution in [0.4, 0.5) is 4.39 Å². The molecule has 5 rings (SSSR count). The summed E-state index contributed by atoms with van der Waals surface area (Å²) in [6, 6.07) is 12.6. The fourth-order valence-electron chi connectivity index (χ4n) is 4.01. The number of halogens is 1. The monoisotopic (exact) mass is 553 g/mol. The predicted octanol–water partition coefficient (Wildman–Crippen LogP) is 6.03. The lowest BCUT2D eigenvalue weighted by Gasteiger charge is -2.09. The molecule has 0 amide bonds. The molecule has 4 aromatic rings. The minimum Gasteiger partial charge on any atom is -0.453 e. The van der Waals surface area contributed by atoms with E-state index in [-0.39, 0.29) is 18.0 Å². The molecule has 0 spiro atoms. The van der Waals surface area contributed by atoms with Gasteiger partial charge in [-0.15, -0.1) is 11.3 Å². The maximum atomic E-state index is 14.8. The Bertz CT molecular complexity index is 1430. The molecule has 1 saturated carbocycles. The number of nitrogens with zero attached hydrogens (tertiary/aromatic N) is 2. The van der Waals surface area contributed by atoms with Crippen molar-refractivity contribution in [2.24, 2.45) is 5.92 Å². The minimum atomic E-state index is -0.750. The van der Waals surface area contributed by atoms with Crippen molar-refractivity contribution in [2.75, 3.05) is 6.54 Å². The number of hydrogen-bond donors (Lipinski definition) is 1. The topological polar surface area (TPSA) is 98.2 Å². The highest BCUT2D eigenvalue weighted by Crippen LogP contribution is 2.39.